The van der Waals surface area contributed by atoms with E-state index in [2.05, 4.69) is 10.3 Å². The number of aromatic nitrogens is 1. The first-order valence-corrected chi connectivity index (χ1v) is 6.17. The molecule has 18 heavy (non-hydrogen) atoms. The number of furan rings is 1. The topological polar surface area (TPSA) is 38.1 Å². The van der Waals surface area contributed by atoms with Crippen LogP contribution in [0.15, 0.2) is 35.2 Å². The van der Waals surface area contributed by atoms with Crippen LogP contribution >= 0.6 is 11.6 Å². The predicted octanol–water partition coefficient (Wildman–Crippen LogP) is 3.56. The molecule has 1 N–H and O–H groups in total. The summed E-state index contributed by atoms with van der Waals surface area (Å²) in [6.45, 7) is 2.80. The molecular formula is C13H14ClFN2O. The normalized spacial score (nSPS) is 12.6. The second-order valence-corrected chi connectivity index (χ2v) is 4.28. The molecular weight excluding hydrogens is 255 g/mol. The van der Waals surface area contributed by atoms with Crippen LogP contribution in [0, 0.1) is 5.82 Å². The van der Waals surface area contributed by atoms with E-state index in [9.17, 15) is 4.39 Å². The maximum absolute atomic E-state index is 13.8. The van der Waals surface area contributed by atoms with E-state index in [1.165, 1.54) is 12.5 Å². The largest absolute Gasteiger partial charge is 0.453 e. The zero-order valence-corrected chi connectivity index (χ0v) is 10.7. The Kier molecular flexibility index (Phi) is 4.33. The molecule has 0 saturated heterocycles. The third-order valence-corrected chi connectivity index (χ3v) is 2.98. The smallest absolute Gasteiger partial charge is 0.198 e. The van der Waals surface area contributed by atoms with E-state index in [1.807, 2.05) is 6.92 Å². The summed E-state index contributed by atoms with van der Waals surface area (Å²) < 4.78 is 18.9. The Balaban J connectivity index is 2.37. The van der Waals surface area contributed by atoms with Gasteiger partial charge in [0.25, 0.3) is 0 Å². The summed E-state index contributed by atoms with van der Waals surface area (Å²) in [6, 6.07) is 3.07. The SMILES string of the molecule is CCCNC(c1ccncc1F)c1ccoc1Cl. The van der Waals surface area contributed by atoms with Crippen LogP contribution < -0.4 is 5.32 Å². The summed E-state index contributed by atoms with van der Waals surface area (Å²) in [4.78, 5) is 3.75. The zero-order valence-electron chi connectivity index (χ0n) is 9.99. The molecule has 2 aromatic heterocycles. The Bertz CT molecular complexity index is 515. The molecule has 0 fully saturated rings. The fourth-order valence-corrected chi connectivity index (χ4v) is 2.03. The van der Waals surface area contributed by atoms with Crippen molar-refractivity contribution in [3.63, 3.8) is 0 Å². The average molecular weight is 269 g/mol. The van der Waals surface area contributed by atoms with Crippen LogP contribution in [-0.2, 0) is 0 Å². The molecule has 0 amide bonds. The van der Waals surface area contributed by atoms with Crippen molar-refractivity contribution in [3.05, 3.63) is 53.0 Å². The van der Waals surface area contributed by atoms with Gasteiger partial charge in [0, 0.05) is 17.3 Å². The van der Waals surface area contributed by atoms with Crippen molar-refractivity contribution in [3.8, 4) is 0 Å². The average Bonchev–Trinajstić information content (AvgIpc) is 2.78. The minimum absolute atomic E-state index is 0.278. The fraction of sp³-hybridized carbons (Fsp3) is 0.308. The predicted molar refractivity (Wildman–Crippen MR) is 68.0 cm³/mol. The van der Waals surface area contributed by atoms with E-state index < -0.39 is 0 Å². The van der Waals surface area contributed by atoms with Gasteiger partial charge >= 0.3 is 0 Å². The zero-order chi connectivity index (χ0) is 13.0. The van der Waals surface area contributed by atoms with Gasteiger partial charge in [-0.1, -0.05) is 6.92 Å². The van der Waals surface area contributed by atoms with Crippen molar-refractivity contribution in [2.24, 2.45) is 0 Å². The minimum atomic E-state index is -0.358. The maximum atomic E-state index is 13.8. The highest BCUT2D eigenvalue weighted by Gasteiger charge is 2.21. The van der Waals surface area contributed by atoms with Gasteiger partial charge in [-0.2, -0.15) is 0 Å². The van der Waals surface area contributed by atoms with Crippen molar-refractivity contribution in [2.45, 2.75) is 19.4 Å². The second kappa shape index (κ2) is 5.98. The fourth-order valence-electron chi connectivity index (χ4n) is 1.81. The quantitative estimate of drug-likeness (QED) is 0.901. The molecule has 0 spiro atoms. The van der Waals surface area contributed by atoms with E-state index in [1.54, 1.807) is 18.3 Å². The highest BCUT2D eigenvalue weighted by atomic mass is 35.5. The number of rotatable bonds is 5. The summed E-state index contributed by atoms with van der Waals surface area (Å²) >= 11 is 5.97. The van der Waals surface area contributed by atoms with Crippen LogP contribution in [0.5, 0.6) is 0 Å². The molecule has 0 aromatic carbocycles. The first kappa shape index (κ1) is 13.1. The molecule has 5 heteroatoms. The van der Waals surface area contributed by atoms with Gasteiger partial charge in [-0.05, 0) is 36.7 Å². The number of nitrogens with zero attached hydrogens (tertiary/aromatic N) is 1. The van der Waals surface area contributed by atoms with Gasteiger partial charge in [0.05, 0.1) is 18.5 Å². The molecule has 0 radical (unpaired) electrons. The molecule has 1 unspecified atom stereocenters. The van der Waals surface area contributed by atoms with Crippen LogP contribution in [0.3, 0.4) is 0 Å². The Hall–Kier alpha value is -1.39. The summed E-state index contributed by atoms with van der Waals surface area (Å²) in [6.07, 6.45) is 5.20. The van der Waals surface area contributed by atoms with E-state index >= 15 is 0 Å². The Labute approximate surface area is 110 Å². The van der Waals surface area contributed by atoms with Crippen LogP contribution in [0.2, 0.25) is 5.22 Å². The van der Waals surface area contributed by atoms with Crippen molar-refractivity contribution < 1.29 is 8.81 Å². The highest BCUT2D eigenvalue weighted by Crippen LogP contribution is 2.30. The first-order valence-electron chi connectivity index (χ1n) is 5.79. The lowest BCUT2D eigenvalue weighted by Crippen LogP contribution is -2.24. The van der Waals surface area contributed by atoms with Crippen molar-refractivity contribution in [1.29, 1.82) is 0 Å². The maximum Gasteiger partial charge on any atom is 0.198 e. The second-order valence-electron chi connectivity index (χ2n) is 3.93. The Morgan fingerprint density at radius 2 is 2.28 bits per heavy atom. The van der Waals surface area contributed by atoms with Crippen molar-refractivity contribution in [1.82, 2.24) is 10.3 Å². The molecule has 0 aliphatic rings. The highest BCUT2D eigenvalue weighted by molar-refractivity contribution is 6.29. The van der Waals surface area contributed by atoms with E-state index in [-0.39, 0.29) is 17.1 Å². The number of halogens is 2. The lowest BCUT2D eigenvalue weighted by atomic mass is 10.0. The van der Waals surface area contributed by atoms with Crippen LogP contribution in [0.4, 0.5) is 4.39 Å². The first-order chi connectivity index (χ1) is 8.74. The van der Waals surface area contributed by atoms with Crippen molar-refractivity contribution >= 4 is 11.6 Å². The monoisotopic (exact) mass is 268 g/mol. The number of nitrogens with one attached hydrogen (secondary N) is 1. The van der Waals surface area contributed by atoms with Gasteiger partial charge in [-0.25, -0.2) is 4.39 Å². The molecule has 1 atom stereocenters. The van der Waals surface area contributed by atoms with E-state index in [0.29, 0.717) is 5.56 Å². The van der Waals surface area contributed by atoms with Gasteiger partial charge in [-0.15, -0.1) is 0 Å². The Morgan fingerprint density at radius 3 is 2.89 bits per heavy atom. The standard InChI is InChI=1S/C13H14ClFN2O/c1-2-5-17-12(10-4-7-18-13(10)14)9-3-6-16-8-11(9)15/h3-4,6-8,12,17H,2,5H2,1H3. The number of hydrogen-bond donors (Lipinski definition) is 1. The minimum Gasteiger partial charge on any atom is -0.453 e. The molecule has 0 aliphatic carbocycles. The van der Waals surface area contributed by atoms with Gasteiger partial charge in [0.2, 0.25) is 0 Å². The summed E-state index contributed by atoms with van der Waals surface area (Å²) in [5.41, 5.74) is 1.25. The lowest BCUT2D eigenvalue weighted by Gasteiger charge is -2.18. The molecule has 3 nitrogen and oxygen atoms in total. The molecule has 0 aliphatic heterocycles. The number of pyridine rings is 1. The third-order valence-electron chi connectivity index (χ3n) is 2.67. The van der Waals surface area contributed by atoms with Gasteiger partial charge in [0.1, 0.15) is 5.82 Å². The van der Waals surface area contributed by atoms with Crippen LogP contribution in [0.25, 0.3) is 0 Å². The molecule has 96 valence electrons. The molecule has 2 aromatic rings. The molecule has 0 saturated carbocycles. The summed E-state index contributed by atoms with van der Waals surface area (Å²) in [5, 5.41) is 3.54. The van der Waals surface area contributed by atoms with Gasteiger partial charge in [0.15, 0.2) is 5.22 Å². The molecule has 2 heterocycles. The van der Waals surface area contributed by atoms with Crippen molar-refractivity contribution in [2.75, 3.05) is 6.54 Å². The van der Waals surface area contributed by atoms with Crippen LogP contribution in [-0.4, -0.2) is 11.5 Å². The third kappa shape index (κ3) is 2.71. The van der Waals surface area contributed by atoms with Gasteiger partial charge < -0.3 is 9.73 Å². The molecule has 0 bridgehead atoms. The van der Waals surface area contributed by atoms with Crippen LogP contribution in [0.1, 0.15) is 30.5 Å². The van der Waals surface area contributed by atoms with E-state index in [4.69, 9.17) is 16.0 Å². The van der Waals surface area contributed by atoms with Gasteiger partial charge in [-0.3, -0.25) is 4.98 Å². The van der Waals surface area contributed by atoms with E-state index in [0.717, 1.165) is 18.5 Å². The lowest BCUT2D eigenvalue weighted by molar-refractivity contribution is 0.529. The molecule has 2 rings (SSSR count). The summed E-state index contributed by atoms with van der Waals surface area (Å²) in [7, 11) is 0. The summed E-state index contributed by atoms with van der Waals surface area (Å²) in [5.74, 6) is -0.358. The number of hydrogen-bond acceptors (Lipinski definition) is 3. The Morgan fingerprint density at radius 1 is 1.44 bits per heavy atom.